The van der Waals surface area contributed by atoms with E-state index in [-0.39, 0.29) is 43.7 Å². The molecule has 2 aromatic rings. The summed E-state index contributed by atoms with van der Waals surface area (Å²) in [6, 6.07) is 11.7. The average molecular weight is 522 g/mol. The first-order chi connectivity index (χ1) is 16.9. The summed E-state index contributed by atoms with van der Waals surface area (Å²) in [6.45, 7) is 6.37. The quantitative estimate of drug-likeness (QED) is 0.435. The first-order valence-electron chi connectivity index (χ1n) is 11.9. The molecule has 0 aliphatic heterocycles. The van der Waals surface area contributed by atoms with Gasteiger partial charge in [0, 0.05) is 26.1 Å². The highest BCUT2D eigenvalue weighted by Gasteiger charge is 2.27. The van der Waals surface area contributed by atoms with Gasteiger partial charge in [0.2, 0.25) is 21.8 Å². The molecule has 0 saturated carbocycles. The Bertz CT molecular complexity index is 1120. The molecule has 8 nitrogen and oxygen atoms in total. The molecule has 0 unspecified atom stereocenters. The van der Waals surface area contributed by atoms with Crippen molar-refractivity contribution in [1.29, 1.82) is 0 Å². The molecule has 1 atom stereocenters. The lowest BCUT2D eigenvalue weighted by atomic mass is 10.1. The summed E-state index contributed by atoms with van der Waals surface area (Å²) in [7, 11) is -2.09. The van der Waals surface area contributed by atoms with Crippen molar-refractivity contribution in [3.63, 3.8) is 0 Å². The zero-order valence-electron chi connectivity index (χ0n) is 21.5. The lowest BCUT2D eigenvalue weighted by Gasteiger charge is -2.29. The van der Waals surface area contributed by atoms with Gasteiger partial charge in [0.25, 0.3) is 0 Å². The van der Waals surface area contributed by atoms with E-state index in [1.54, 1.807) is 26.2 Å². The van der Waals surface area contributed by atoms with E-state index in [0.717, 1.165) is 16.1 Å². The molecule has 0 aliphatic carbocycles. The zero-order chi connectivity index (χ0) is 26.9. The zero-order valence-corrected chi connectivity index (χ0v) is 22.3. The van der Waals surface area contributed by atoms with Crippen LogP contribution in [0.4, 0.5) is 10.1 Å². The molecule has 0 aliphatic rings. The van der Waals surface area contributed by atoms with Crippen LogP contribution in [-0.4, -0.2) is 57.6 Å². The lowest BCUT2D eigenvalue weighted by Crippen LogP contribution is -2.48. The number of anilines is 1. The Hall–Kier alpha value is -3.14. The van der Waals surface area contributed by atoms with Crippen LogP contribution in [0, 0.1) is 11.7 Å². The van der Waals surface area contributed by atoms with Gasteiger partial charge in [-0.15, -0.1) is 0 Å². The van der Waals surface area contributed by atoms with Gasteiger partial charge in [-0.05, 0) is 61.2 Å². The summed E-state index contributed by atoms with van der Waals surface area (Å²) < 4.78 is 44.4. The first kappa shape index (κ1) is 29.1. The van der Waals surface area contributed by atoms with E-state index >= 15 is 0 Å². The fourth-order valence-electron chi connectivity index (χ4n) is 3.61. The van der Waals surface area contributed by atoms with E-state index in [2.05, 4.69) is 5.32 Å². The number of amides is 2. The molecule has 2 rings (SSSR count). The molecule has 2 amide bonds. The highest BCUT2D eigenvalue weighted by molar-refractivity contribution is 7.92. The Morgan fingerprint density at radius 1 is 1.08 bits per heavy atom. The number of rotatable bonds is 13. The predicted molar refractivity (Wildman–Crippen MR) is 139 cm³/mol. The van der Waals surface area contributed by atoms with Gasteiger partial charge in [0.1, 0.15) is 17.6 Å². The van der Waals surface area contributed by atoms with Crippen molar-refractivity contribution < 1.29 is 27.1 Å². The van der Waals surface area contributed by atoms with Crippen LogP contribution in [0.2, 0.25) is 0 Å². The second-order valence-electron chi connectivity index (χ2n) is 9.10. The van der Waals surface area contributed by atoms with Crippen LogP contribution in [0.25, 0.3) is 0 Å². The van der Waals surface area contributed by atoms with Gasteiger partial charge in [-0.25, -0.2) is 12.8 Å². The Morgan fingerprint density at radius 2 is 1.75 bits per heavy atom. The highest BCUT2D eigenvalue weighted by Crippen LogP contribution is 2.20. The van der Waals surface area contributed by atoms with Crippen LogP contribution in [0.1, 0.15) is 39.2 Å². The lowest BCUT2D eigenvalue weighted by molar-refractivity contribution is -0.140. The number of hydrogen-bond acceptors (Lipinski definition) is 5. The fraction of sp³-hybridized carbons (Fsp3) is 0.462. The number of carbonyl (C=O) groups is 2. The third-order valence-electron chi connectivity index (χ3n) is 5.61. The topological polar surface area (TPSA) is 96.0 Å². The average Bonchev–Trinajstić information content (AvgIpc) is 2.83. The molecule has 0 bridgehead atoms. The molecule has 0 heterocycles. The second kappa shape index (κ2) is 13.2. The number of sulfonamides is 1. The molecule has 0 aromatic heterocycles. The summed E-state index contributed by atoms with van der Waals surface area (Å²) in [5, 5.41) is 2.87. The van der Waals surface area contributed by atoms with E-state index in [9.17, 15) is 22.4 Å². The van der Waals surface area contributed by atoms with Crippen molar-refractivity contribution in [1.82, 2.24) is 10.2 Å². The molecule has 0 saturated heterocycles. The molecular formula is C26H36FN3O5S. The molecule has 198 valence electrons. The number of benzene rings is 2. The maximum atomic E-state index is 13.3. The summed E-state index contributed by atoms with van der Waals surface area (Å²) in [6.07, 6.45) is 1.31. The minimum absolute atomic E-state index is 0.0268. The first-order valence-corrected chi connectivity index (χ1v) is 13.7. The monoisotopic (exact) mass is 521 g/mol. The second-order valence-corrected chi connectivity index (χ2v) is 11.0. The summed E-state index contributed by atoms with van der Waals surface area (Å²) in [4.78, 5) is 27.6. The van der Waals surface area contributed by atoms with Crippen LogP contribution in [0.15, 0.2) is 48.5 Å². The number of hydrogen-bond donors (Lipinski definition) is 1. The summed E-state index contributed by atoms with van der Waals surface area (Å²) in [5.41, 5.74) is 1.12. The van der Waals surface area contributed by atoms with Gasteiger partial charge in [0.15, 0.2) is 0 Å². The molecule has 36 heavy (non-hydrogen) atoms. The number of ether oxygens (including phenoxy) is 1. The standard InChI is InChI=1S/C26H36FN3O5S/c1-19(2)17-28-26(32)20(3)29(18-21-8-6-9-24(16-21)35-4)25(31)10-7-15-30(36(5,33)34)23-13-11-22(27)12-14-23/h6,8-9,11-14,16,19-20H,7,10,15,17-18H2,1-5H3,(H,28,32)/t20-/m0/s1. The largest absolute Gasteiger partial charge is 0.497 e. The summed E-state index contributed by atoms with van der Waals surface area (Å²) in [5.74, 6) is -0.112. The van der Waals surface area contributed by atoms with Crippen LogP contribution in [0.3, 0.4) is 0 Å². The van der Waals surface area contributed by atoms with Crippen LogP contribution >= 0.6 is 0 Å². The Morgan fingerprint density at radius 3 is 2.33 bits per heavy atom. The molecule has 1 N–H and O–H groups in total. The minimum Gasteiger partial charge on any atom is -0.497 e. The normalized spacial score (nSPS) is 12.2. The SMILES string of the molecule is COc1cccc(CN(C(=O)CCCN(c2ccc(F)cc2)S(C)(=O)=O)[C@@H](C)C(=O)NCC(C)C)c1. The Labute approximate surface area is 213 Å². The van der Waals surface area contributed by atoms with Crippen molar-refractivity contribution in [2.24, 2.45) is 5.92 Å². The van der Waals surface area contributed by atoms with E-state index in [4.69, 9.17) is 4.74 Å². The predicted octanol–water partition coefficient (Wildman–Crippen LogP) is 3.57. The third-order valence-corrected chi connectivity index (χ3v) is 6.80. The number of carbonyl (C=O) groups excluding carboxylic acids is 2. The maximum Gasteiger partial charge on any atom is 0.242 e. The molecule has 0 spiro atoms. The van der Waals surface area contributed by atoms with Gasteiger partial charge < -0.3 is 15.0 Å². The minimum atomic E-state index is -3.64. The number of methoxy groups -OCH3 is 1. The molecule has 0 fully saturated rings. The van der Waals surface area contributed by atoms with Crippen molar-refractivity contribution >= 4 is 27.5 Å². The smallest absolute Gasteiger partial charge is 0.242 e. The van der Waals surface area contributed by atoms with Gasteiger partial charge in [-0.3, -0.25) is 13.9 Å². The van der Waals surface area contributed by atoms with Gasteiger partial charge in [-0.2, -0.15) is 0 Å². The maximum absolute atomic E-state index is 13.3. The van der Waals surface area contributed by atoms with E-state index < -0.39 is 21.9 Å². The van der Waals surface area contributed by atoms with Crippen molar-refractivity contribution in [3.05, 3.63) is 59.9 Å². The highest BCUT2D eigenvalue weighted by atomic mass is 32.2. The van der Waals surface area contributed by atoms with Crippen molar-refractivity contribution in [3.8, 4) is 5.75 Å². The van der Waals surface area contributed by atoms with Gasteiger partial charge in [-0.1, -0.05) is 26.0 Å². The molecule has 2 aromatic carbocycles. The van der Waals surface area contributed by atoms with E-state index in [1.165, 1.54) is 29.2 Å². The number of halogens is 1. The Balaban J connectivity index is 2.17. The van der Waals surface area contributed by atoms with Crippen LogP contribution < -0.4 is 14.4 Å². The van der Waals surface area contributed by atoms with Crippen LogP contribution in [0.5, 0.6) is 5.75 Å². The Kier molecular flexibility index (Phi) is 10.7. The number of nitrogens with zero attached hydrogens (tertiary/aromatic N) is 2. The van der Waals surface area contributed by atoms with Gasteiger partial charge >= 0.3 is 0 Å². The van der Waals surface area contributed by atoms with Crippen molar-refractivity contribution in [2.75, 3.05) is 30.8 Å². The number of nitrogens with one attached hydrogen (secondary N) is 1. The molecule has 0 radical (unpaired) electrons. The van der Waals surface area contributed by atoms with Gasteiger partial charge in [0.05, 0.1) is 19.1 Å². The summed E-state index contributed by atoms with van der Waals surface area (Å²) >= 11 is 0. The fourth-order valence-corrected chi connectivity index (χ4v) is 4.58. The van der Waals surface area contributed by atoms with E-state index in [0.29, 0.717) is 18.0 Å². The van der Waals surface area contributed by atoms with Crippen LogP contribution in [-0.2, 0) is 26.2 Å². The molecular weight excluding hydrogens is 485 g/mol. The van der Waals surface area contributed by atoms with E-state index in [1.807, 2.05) is 26.0 Å². The molecule has 10 heteroatoms. The van der Waals surface area contributed by atoms with Crippen molar-refractivity contribution in [2.45, 2.75) is 46.2 Å². The third kappa shape index (κ3) is 8.82.